The van der Waals surface area contributed by atoms with Gasteiger partial charge in [-0.2, -0.15) is 0 Å². The molecule has 4 heteroatoms. The second kappa shape index (κ2) is 5.78. The monoisotopic (exact) mass is 327 g/mol. The summed E-state index contributed by atoms with van der Waals surface area (Å²) in [6, 6.07) is 10.2. The average Bonchev–Trinajstić information content (AvgIpc) is 3.23. The van der Waals surface area contributed by atoms with Crippen molar-refractivity contribution in [3.63, 3.8) is 0 Å². The molecule has 1 aromatic rings. The van der Waals surface area contributed by atoms with Gasteiger partial charge in [0.05, 0.1) is 7.11 Å². The summed E-state index contributed by atoms with van der Waals surface area (Å²) in [5.41, 5.74) is 1.04. The molecule has 2 aliphatic carbocycles. The summed E-state index contributed by atoms with van der Waals surface area (Å²) < 4.78 is 11.5. The van der Waals surface area contributed by atoms with Gasteiger partial charge in [0.25, 0.3) is 0 Å². The molecule has 3 atom stereocenters. The fraction of sp³-hybridized carbons (Fsp3) is 0.450. The van der Waals surface area contributed by atoms with Gasteiger partial charge in [-0.25, -0.2) is 0 Å². The fourth-order valence-electron chi connectivity index (χ4n) is 3.79. The molecule has 0 bridgehead atoms. The molecule has 128 valence electrons. The molecule has 0 heterocycles. The van der Waals surface area contributed by atoms with Crippen LogP contribution in [0.2, 0.25) is 0 Å². The van der Waals surface area contributed by atoms with Crippen molar-refractivity contribution in [1.29, 1.82) is 0 Å². The van der Waals surface area contributed by atoms with Crippen molar-refractivity contribution in [2.24, 2.45) is 5.92 Å². The van der Waals surface area contributed by atoms with E-state index >= 15 is 0 Å². The van der Waals surface area contributed by atoms with E-state index in [-0.39, 0.29) is 23.3 Å². The van der Waals surface area contributed by atoms with Crippen LogP contribution in [0.3, 0.4) is 0 Å². The van der Waals surface area contributed by atoms with Gasteiger partial charge < -0.3 is 14.8 Å². The summed E-state index contributed by atoms with van der Waals surface area (Å²) in [6.45, 7) is 5.95. The Bertz CT molecular complexity index is 699. The van der Waals surface area contributed by atoms with Crippen LogP contribution < -0.4 is 5.32 Å². The van der Waals surface area contributed by atoms with Gasteiger partial charge in [-0.05, 0) is 38.5 Å². The average molecular weight is 327 g/mol. The van der Waals surface area contributed by atoms with E-state index in [0.717, 1.165) is 16.9 Å². The van der Waals surface area contributed by atoms with Gasteiger partial charge in [-0.3, -0.25) is 4.79 Å². The maximum Gasteiger partial charge on any atom is 0.248 e. The summed E-state index contributed by atoms with van der Waals surface area (Å²) >= 11 is 0. The quantitative estimate of drug-likeness (QED) is 0.924. The van der Waals surface area contributed by atoms with Crippen molar-refractivity contribution >= 4 is 5.91 Å². The Balaban J connectivity index is 2.00. The predicted molar refractivity (Wildman–Crippen MR) is 93.5 cm³/mol. The summed E-state index contributed by atoms with van der Waals surface area (Å²) in [5.74, 6) is 0.775. The summed E-state index contributed by atoms with van der Waals surface area (Å²) in [4.78, 5) is 12.8. The SMILES string of the molecule is COC1=CC=C(C(=O)NC(C)(C)C)[C@H]2[C@H](c3ccccc3)[C@@]12OC. The van der Waals surface area contributed by atoms with Gasteiger partial charge in [-0.1, -0.05) is 30.3 Å². The Morgan fingerprint density at radius 3 is 2.29 bits per heavy atom. The van der Waals surface area contributed by atoms with Crippen LogP contribution in [0.25, 0.3) is 0 Å². The van der Waals surface area contributed by atoms with Crippen molar-refractivity contribution in [3.8, 4) is 0 Å². The maximum absolute atomic E-state index is 12.8. The van der Waals surface area contributed by atoms with Gasteiger partial charge in [-0.15, -0.1) is 0 Å². The zero-order chi connectivity index (χ0) is 17.5. The maximum atomic E-state index is 12.8. The first kappa shape index (κ1) is 16.8. The molecule has 1 N–H and O–H groups in total. The van der Waals surface area contributed by atoms with Gasteiger partial charge in [0.1, 0.15) is 11.4 Å². The Kier molecular flexibility index (Phi) is 4.04. The molecule has 0 saturated heterocycles. The van der Waals surface area contributed by atoms with E-state index in [2.05, 4.69) is 17.4 Å². The van der Waals surface area contributed by atoms with Crippen LogP contribution in [-0.4, -0.2) is 31.3 Å². The van der Waals surface area contributed by atoms with Crippen molar-refractivity contribution in [2.45, 2.75) is 37.8 Å². The lowest BCUT2D eigenvalue weighted by atomic mass is 9.98. The first-order chi connectivity index (χ1) is 11.3. The zero-order valence-electron chi connectivity index (χ0n) is 14.9. The lowest BCUT2D eigenvalue weighted by Crippen LogP contribution is -2.42. The van der Waals surface area contributed by atoms with E-state index in [1.165, 1.54) is 0 Å². The minimum atomic E-state index is -0.588. The number of allylic oxidation sites excluding steroid dienone is 2. The van der Waals surface area contributed by atoms with Gasteiger partial charge >= 0.3 is 0 Å². The molecule has 2 aliphatic rings. The highest BCUT2D eigenvalue weighted by Gasteiger charge is 2.72. The van der Waals surface area contributed by atoms with E-state index in [0.29, 0.717) is 0 Å². The number of carbonyl (C=O) groups excluding carboxylic acids is 1. The number of ether oxygens (including phenoxy) is 2. The first-order valence-electron chi connectivity index (χ1n) is 8.24. The standard InChI is InChI=1S/C20H25NO3/c1-19(2,3)21-18(22)14-11-12-15(23-4)20(24-5)16(17(14)20)13-9-7-6-8-10-13/h6-12,16-17H,1-5H3,(H,21,22)/t16-,17-,20-/m0/s1. The number of nitrogens with one attached hydrogen (secondary N) is 1. The van der Waals surface area contributed by atoms with E-state index in [9.17, 15) is 4.79 Å². The highest BCUT2D eigenvalue weighted by atomic mass is 16.5. The topological polar surface area (TPSA) is 47.6 Å². The number of hydrogen-bond donors (Lipinski definition) is 1. The molecule has 0 spiro atoms. The van der Waals surface area contributed by atoms with Crippen LogP contribution in [-0.2, 0) is 14.3 Å². The highest BCUT2D eigenvalue weighted by Crippen LogP contribution is 2.67. The molecular weight excluding hydrogens is 302 g/mol. The lowest BCUT2D eigenvalue weighted by molar-refractivity contribution is -0.119. The third-order valence-corrected chi connectivity index (χ3v) is 4.75. The van der Waals surface area contributed by atoms with Crippen molar-refractivity contribution in [3.05, 3.63) is 59.4 Å². The number of benzene rings is 1. The molecule has 0 radical (unpaired) electrons. The molecule has 1 amide bonds. The normalized spacial score (nSPS) is 28.4. The molecule has 1 aromatic carbocycles. The molecule has 3 rings (SSSR count). The van der Waals surface area contributed by atoms with Crippen LogP contribution in [0.1, 0.15) is 32.3 Å². The summed E-state index contributed by atoms with van der Waals surface area (Å²) in [7, 11) is 3.34. The number of rotatable bonds is 4. The third-order valence-electron chi connectivity index (χ3n) is 4.75. The molecular formula is C20H25NO3. The Morgan fingerprint density at radius 2 is 1.75 bits per heavy atom. The largest absolute Gasteiger partial charge is 0.498 e. The molecule has 1 fully saturated rings. The van der Waals surface area contributed by atoms with Crippen LogP contribution in [0.5, 0.6) is 0 Å². The Morgan fingerprint density at radius 1 is 1.08 bits per heavy atom. The molecule has 0 aliphatic heterocycles. The molecule has 1 saturated carbocycles. The van der Waals surface area contributed by atoms with Crippen LogP contribution in [0, 0.1) is 5.92 Å². The third kappa shape index (κ3) is 2.55. The predicted octanol–water partition coefficient (Wildman–Crippen LogP) is 3.17. The Labute approximate surface area is 143 Å². The smallest absolute Gasteiger partial charge is 0.248 e. The van der Waals surface area contributed by atoms with Crippen molar-refractivity contribution in [2.75, 3.05) is 14.2 Å². The van der Waals surface area contributed by atoms with E-state index in [1.54, 1.807) is 14.2 Å². The minimum Gasteiger partial charge on any atom is -0.498 e. The summed E-state index contributed by atoms with van der Waals surface area (Å²) in [6.07, 6.45) is 3.73. The summed E-state index contributed by atoms with van der Waals surface area (Å²) in [5, 5.41) is 3.06. The zero-order valence-corrected chi connectivity index (χ0v) is 14.9. The molecule has 24 heavy (non-hydrogen) atoms. The van der Waals surface area contributed by atoms with E-state index in [4.69, 9.17) is 9.47 Å². The number of amides is 1. The number of carbonyl (C=O) groups is 1. The first-order valence-corrected chi connectivity index (χ1v) is 8.24. The Hall–Kier alpha value is -2.07. The van der Waals surface area contributed by atoms with Crippen molar-refractivity contribution < 1.29 is 14.3 Å². The van der Waals surface area contributed by atoms with Gasteiger partial charge in [0.2, 0.25) is 5.91 Å². The number of fused-ring (bicyclic) bond motifs is 1. The van der Waals surface area contributed by atoms with Gasteiger partial charge in [0.15, 0.2) is 0 Å². The van der Waals surface area contributed by atoms with Crippen LogP contribution in [0.4, 0.5) is 0 Å². The number of hydrogen-bond acceptors (Lipinski definition) is 3. The van der Waals surface area contributed by atoms with Crippen LogP contribution >= 0.6 is 0 Å². The van der Waals surface area contributed by atoms with E-state index < -0.39 is 5.60 Å². The van der Waals surface area contributed by atoms with Crippen LogP contribution in [0.15, 0.2) is 53.8 Å². The molecule has 4 nitrogen and oxygen atoms in total. The lowest BCUT2D eigenvalue weighted by Gasteiger charge is -2.25. The fourth-order valence-corrected chi connectivity index (χ4v) is 3.79. The second-order valence-corrected chi connectivity index (χ2v) is 7.42. The highest BCUT2D eigenvalue weighted by molar-refractivity contribution is 5.97. The number of methoxy groups -OCH3 is 2. The molecule has 0 aromatic heterocycles. The molecule has 0 unspecified atom stereocenters. The second-order valence-electron chi connectivity index (χ2n) is 7.42. The minimum absolute atomic E-state index is 0.0350. The van der Waals surface area contributed by atoms with Crippen molar-refractivity contribution in [1.82, 2.24) is 5.32 Å². The van der Waals surface area contributed by atoms with E-state index in [1.807, 2.05) is 51.1 Å². The van der Waals surface area contributed by atoms with Gasteiger partial charge in [0, 0.05) is 30.1 Å².